The third kappa shape index (κ3) is 5.13. The van der Waals surface area contributed by atoms with Gasteiger partial charge in [0.25, 0.3) is 0 Å². The zero-order valence-electron chi connectivity index (χ0n) is 8.19. The maximum absolute atomic E-state index is 10.9. The van der Waals surface area contributed by atoms with Crippen LogP contribution in [0.2, 0.25) is 0 Å². The normalized spacial score (nSPS) is 17.6. The predicted octanol–water partition coefficient (Wildman–Crippen LogP) is -0.0108. The number of rotatable bonds is 5. The number of thioether (sulfide) groups is 1. The molecule has 13 heavy (non-hydrogen) atoms. The average Bonchev–Trinajstić information content (AvgIpc) is 2.11. The lowest BCUT2D eigenvalue weighted by molar-refractivity contribution is -0.141. The molecule has 3 unspecified atom stereocenters. The van der Waals surface area contributed by atoms with Gasteiger partial charge in [0.15, 0.2) is 0 Å². The summed E-state index contributed by atoms with van der Waals surface area (Å²) >= 11 is 1.46. The van der Waals surface area contributed by atoms with Crippen LogP contribution in [-0.4, -0.2) is 41.3 Å². The number of ether oxygens (including phenoxy) is 1. The highest BCUT2D eigenvalue weighted by Gasteiger charge is 2.16. The molecular weight excluding hydrogens is 190 g/mol. The van der Waals surface area contributed by atoms with Gasteiger partial charge in [0.1, 0.15) is 6.04 Å². The largest absolute Gasteiger partial charge is 0.468 e. The summed E-state index contributed by atoms with van der Waals surface area (Å²) in [6.45, 7) is 3.60. The molecule has 0 amide bonds. The molecule has 0 heterocycles. The SMILES string of the molecule is COC(=O)C(N)CSC(C)C(C)O. The van der Waals surface area contributed by atoms with Crippen molar-refractivity contribution in [3.63, 3.8) is 0 Å². The van der Waals surface area contributed by atoms with E-state index in [1.807, 2.05) is 6.92 Å². The third-order valence-electron chi connectivity index (χ3n) is 1.72. The summed E-state index contributed by atoms with van der Waals surface area (Å²) in [4.78, 5) is 10.9. The van der Waals surface area contributed by atoms with E-state index in [2.05, 4.69) is 4.74 Å². The van der Waals surface area contributed by atoms with Crippen LogP contribution in [0.4, 0.5) is 0 Å². The Bertz CT molecular complexity index is 163. The molecule has 0 aromatic carbocycles. The van der Waals surface area contributed by atoms with Gasteiger partial charge >= 0.3 is 5.97 Å². The van der Waals surface area contributed by atoms with Crippen molar-refractivity contribution in [1.82, 2.24) is 0 Å². The van der Waals surface area contributed by atoms with E-state index < -0.39 is 18.1 Å². The molecular formula is C8H17NO3S. The Morgan fingerprint density at radius 2 is 2.15 bits per heavy atom. The van der Waals surface area contributed by atoms with Gasteiger partial charge in [-0.2, -0.15) is 11.8 Å². The fourth-order valence-electron chi connectivity index (χ4n) is 0.614. The molecule has 0 saturated heterocycles. The number of carbonyl (C=O) groups is 1. The van der Waals surface area contributed by atoms with E-state index in [0.29, 0.717) is 5.75 Å². The van der Waals surface area contributed by atoms with Crippen LogP contribution in [0.15, 0.2) is 0 Å². The van der Waals surface area contributed by atoms with Crippen molar-refractivity contribution in [3.05, 3.63) is 0 Å². The number of methoxy groups -OCH3 is 1. The molecule has 0 aromatic rings. The van der Waals surface area contributed by atoms with Crippen LogP contribution < -0.4 is 5.73 Å². The van der Waals surface area contributed by atoms with Crippen molar-refractivity contribution in [1.29, 1.82) is 0 Å². The molecule has 0 radical (unpaired) electrons. The molecule has 3 atom stereocenters. The van der Waals surface area contributed by atoms with E-state index in [0.717, 1.165) is 0 Å². The van der Waals surface area contributed by atoms with Crippen molar-refractivity contribution in [2.75, 3.05) is 12.9 Å². The number of carbonyl (C=O) groups excluding carboxylic acids is 1. The predicted molar refractivity (Wildman–Crippen MR) is 53.6 cm³/mol. The summed E-state index contributed by atoms with van der Waals surface area (Å²) in [6, 6.07) is -0.601. The molecule has 0 aliphatic heterocycles. The lowest BCUT2D eigenvalue weighted by atomic mass is 10.3. The van der Waals surface area contributed by atoms with E-state index in [1.165, 1.54) is 18.9 Å². The van der Waals surface area contributed by atoms with Crippen molar-refractivity contribution in [3.8, 4) is 0 Å². The second-order valence-corrected chi connectivity index (χ2v) is 4.32. The Labute approximate surface area is 82.8 Å². The molecule has 0 rings (SSSR count). The minimum absolute atomic E-state index is 0.0794. The van der Waals surface area contributed by atoms with Gasteiger partial charge in [0.2, 0.25) is 0 Å². The van der Waals surface area contributed by atoms with Crippen LogP contribution in [0, 0.1) is 0 Å². The minimum Gasteiger partial charge on any atom is -0.468 e. The second-order valence-electron chi connectivity index (χ2n) is 2.91. The van der Waals surface area contributed by atoms with Crippen LogP contribution in [0.5, 0.6) is 0 Å². The molecule has 0 spiro atoms. The number of aliphatic hydroxyl groups excluding tert-OH is 1. The minimum atomic E-state index is -0.601. The number of hydrogen-bond acceptors (Lipinski definition) is 5. The molecule has 0 fully saturated rings. The monoisotopic (exact) mass is 207 g/mol. The Balaban J connectivity index is 3.69. The van der Waals surface area contributed by atoms with Crippen LogP contribution >= 0.6 is 11.8 Å². The van der Waals surface area contributed by atoms with Gasteiger partial charge in [0, 0.05) is 11.0 Å². The zero-order chi connectivity index (χ0) is 10.4. The first-order valence-electron chi connectivity index (χ1n) is 4.12. The lowest BCUT2D eigenvalue weighted by Crippen LogP contribution is -2.35. The topological polar surface area (TPSA) is 72.5 Å². The standard InChI is InChI=1S/C8H17NO3S/c1-5(10)6(2)13-4-7(9)8(11)12-3/h5-7,10H,4,9H2,1-3H3. The number of aliphatic hydroxyl groups is 1. The Kier molecular flexibility index (Phi) is 6.11. The summed E-state index contributed by atoms with van der Waals surface area (Å²) in [5.41, 5.74) is 5.50. The van der Waals surface area contributed by atoms with E-state index in [-0.39, 0.29) is 5.25 Å². The molecule has 5 heteroatoms. The van der Waals surface area contributed by atoms with Crippen molar-refractivity contribution in [2.24, 2.45) is 5.73 Å². The van der Waals surface area contributed by atoms with Gasteiger partial charge in [-0.15, -0.1) is 0 Å². The molecule has 0 aliphatic rings. The van der Waals surface area contributed by atoms with Crippen LogP contribution in [0.1, 0.15) is 13.8 Å². The first-order valence-corrected chi connectivity index (χ1v) is 5.17. The Morgan fingerprint density at radius 3 is 2.54 bits per heavy atom. The Morgan fingerprint density at radius 1 is 1.62 bits per heavy atom. The molecule has 0 saturated carbocycles. The molecule has 78 valence electrons. The number of hydrogen-bond donors (Lipinski definition) is 2. The van der Waals surface area contributed by atoms with Crippen molar-refractivity contribution >= 4 is 17.7 Å². The van der Waals surface area contributed by atoms with E-state index in [4.69, 9.17) is 10.8 Å². The van der Waals surface area contributed by atoms with Gasteiger partial charge in [-0.3, -0.25) is 4.79 Å². The fraction of sp³-hybridized carbons (Fsp3) is 0.875. The van der Waals surface area contributed by atoms with E-state index in [1.54, 1.807) is 6.92 Å². The summed E-state index contributed by atoms with van der Waals surface area (Å²) in [5.74, 6) is 0.0592. The van der Waals surface area contributed by atoms with Gasteiger partial charge in [-0.05, 0) is 6.92 Å². The molecule has 0 bridgehead atoms. The highest BCUT2D eigenvalue weighted by molar-refractivity contribution is 8.00. The van der Waals surface area contributed by atoms with E-state index >= 15 is 0 Å². The first kappa shape index (κ1) is 12.7. The summed E-state index contributed by atoms with van der Waals surface area (Å²) < 4.78 is 4.46. The number of nitrogens with two attached hydrogens (primary N) is 1. The van der Waals surface area contributed by atoms with Crippen LogP contribution in [-0.2, 0) is 9.53 Å². The Hall–Kier alpha value is -0.260. The highest BCUT2D eigenvalue weighted by Crippen LogP contribution is 2.14. The van der Waals surface area contributed by atoms with Crippen molar-refractivity contribution in [2.45, 2.75) is 31.2 Å². The van der Waals surface area contributed by atoms with Gasteiger partial charge in [0.05, 0.1) is 13.2 Å². The zero-order valence-corrected chi connectivity index (χ0v) is 9.00. The van der Waals surface area contributed by atoms with Gasteiger partial charge in [-0.25, -0.2) is 0 Å². The summed E-state index contributed by atoms with van der Waals surface area (Å²) in [5, 5.41) is 9.23. The summed E-state index contributed by atoms with van der Waals surface area (Å²) in [6.07, 6.45) is -0.394. The van der Waals surface area contributed by atoms with Gasteiger partial charge in [-0.1, -0.05) is 6.92 Å². The summed E-state index contributed by atoms with van der Waals surface area (Å²) in [7, 11) is 1.31. The fourth-order valence-corrected chi connectivity index (χ4v) is 1.54. The molecule has 0 aromatic heterocycles. The second kappa shape index (κ2) is 6.23. The van der Waals surface area contributed by atoms with Crippen LogP contribution in [0.25, 0.3) is 0 Å². The number of esters is 1. The molecule has 3 N–H and O–H groups in total. The quantitative estimate of drug-likeness (QED) is 0.620. The van der Waals surface area contributed by atoms with Crippen molar-refractivity contribution < 1.29 is 14.6 Å². The van der Waals surface area contributed by atoms with Crippen LogP contribution in [0.3, 0.4) is 0 Å². The van der Waals surface area contributed by atoms with E-state index in [9.17, 15) is 4.79 Å². The molecule has 4 nitrogen and oxygen atoms in total. The lowest BCUT2D eigenvalue weighted by Gasteiger charge is -2.15. The highest BCUT2D eigenvalue weighted by atomic mass is 32.2. The maximum Gasteiger partial charge on any atom is 0.323 e. The smallest absolute Gasteiger partial charge is 0.323 e. The first-order chi connectivity index (χ1) is 5.99. The molecule has 0 aliphatic carbocycles. The third-order valence-corrected chi connectivity index (χ3v) is 3.19. The maximum atomic E-state index is 10.9. The average molecular weight is 207 g/mol. The van der Waals surface area contributed by atoms with Gasteiger partial charge < -0.3 is 15.6 Å².